The van der Waals surface area contributed by atoms with Crippen LogP contribution in [0, 0.1) is 5.92 Å². The second-order valence-electron chi connectivity index (χ2n) is 7.68. The lowest BCUT2D eigenvalue weighted by molar-refractivity contribution is -0.133. The van der Waals surface area contributed by atoms with Crippen LogP contribution >= 0.6 is 12.4 Å². The van der Waals surface area contributed by atoms with Crippen molar-refractivity contribution in [3.05, 3.63) is 23.8 Å². The number of halogens is 1. The zero-order valence-electron chi connectivity index (χ0n) is 15.8. The molecular formula is C20H29ClN2O4. The Labute approximate surface area is 166 Å². The van der Waals surface area contributed by atoms with Crippen LogP contribution in [0.25, 0.3) is 0 Å². The highest BCUT2D eigenvalue weighted by Crippen LogP contribution is 2.34. The lowest BCUT2D eigenvalue weighted by Crippen LogP contribution is -2.41. The minimum atomic E-state index is 0. The Morgan fingerprint density at radius 3 is 2.70 bits per heavy atom. The van der Waals surface area contributed by atoms with Gasteiger partial charge in [0.2, 0.25) is 12.7 Å². The summed E-state index contributed by atoms with van der Waals surface area (Å²) < 4.78 is 16.0. The van der Waals surface area contributed by atoms with Crippen molar-refractivity contribution in [3.63, 3.8) is 0 Å². The van der Waals surface area contributed by atoms with Crippen molar-refractivity contribution in [2.75, 3.05) is 27.1 Å². The maximum Gasteiger partial charge on any atom is 0.231 e. The smallest absolute Gasteiger partial charge is 0.231 e. The fourth-order valence-corrected chi connectivity index (χ4v) is 4.47. The first-order valence-electron chi connectivity index (χ1n) is 9.62. The standard InChI is InChI=1S/C20H28N2O4.ClH/c1-24-7-6-22(12-14-2-5-18-19(10-14)26-13-25-18)20(23)11-15-8-16-3-4-17(9-15)21-16;/h2,5,10,15-17,21H,3-4,6-9,11-13H2,1H3;1H. The number of ether oxygens (including phenoxy) is 3. The topological polar surface area (TPSA) is 60.0 Å². The first-order chi connectivity index (χ1) is 12.7. The SMILES string of the molecule is COCCN(Cc1ccc2c(c1)OCO2)C(=O)CC1CC2CCC(C1)N2.Cl. The average Bonchev–Trinajstić information content (AvgIpc) is 3.24. The summed E-state index contributed by atoms with van der Waals surface area (Å²) in [6.45, 7) is 2.01. The second kappa shape index (κ2) is 9.13. The number of amides is 1. The number of rotatable bonds is 7. The molecule has 1 N–H and O–H groups in total. The third-order valence-corrected chi connectivity index (χ3v) is 5.76. The number of hydrogen-bond donors (Lipinski definition) is 1. The molecule has 0 saturated carbocycles. The number of benzene rings is 1. The summed E-state index contributed by atoms with van der Waals surface area (Å²) in [4.78, 5) is 14.9. The Bertz CT molecular complexity index is 645. The summed E-state index contributed by atoms with van der Waals surface area (Å²) in [6, 6.07) is 7.13. The monoisotopic (exact) mass is 396 g/mol. The van der Waals surface area contributed by atoms with Gasteiger partial charge in [-0.2, -0.15) is 0 Å². The fraction of sp³-hybridized carbons (Fsp3) is 0.650. The van der Waals surface area contributed by atoms with Gasteiger partial charge in [0, 0.05) is 38.7 Å². The van der Waals surface area contributed by atoms with E-state index >= 15 is 0 Å². The quantitative estimate of drug-likeness (QED) is 0.767. The van der Waals surface area contributed by atoms with E-state index in [-0.39, 0.29) is 25.1 Å². The molecule has 3 aliphatic rings. The molecule has 3 aliphatic heterocycles. The lowest BCUT2D eigenvalue weighted by atomic mass is 9.89. The van der Waals surface area contributed by atoms with E-state index in [1.54, 1.807) is 7.11 Å². The fourth-order valence-electron chi connectivity index (χ4n) is 4.47. The van der Waals surface area contributed by atoms with Gasteiger partial charge in [-0.25, -0.2) is 0 Å². The Morgan fingerprint density at radius 2 is 1.96 bits per heavy atom. The molecule has 0 aromatic heterocycles. The highest BCUT2D eigenvalue weighted by Gasteiger charge is 2.34. The minimum absolute atomic E-state index is 0. The van der Waals surface area contributed by atoms with Crippen LogP contribution in [0.1, 0.15) is 37.7 Å². The average molecular weight is 397 g/mol. The molecule has 3 heterocycles. The van der Waals surface area contributed by atoms with Crippen LogP contribution < -0.4 is 14.8 Å². The largest absolute Gasteiger partial charge is 0.454 e. The molecule has 1 aromatic rings. The zero-order valence-corrected chi connectivity index (χ0v) is 16.6. The molecule has 6 nitrogen and oxygen atoms in total. The van der Waals surface area contributed by atoms with Crippen LogP contribution in [0.5, 0.6) is 11.5 Å². The predicted molar refractivity (Wildman–Crippen MR) is 104 cm³/mol. The van der Waals surface area contributed by atoms with Gasteiger partial charge in [-0.1, -0.05) is 6.07 Å². The molecule has 2 fully saturated rings. The van der Waals surface area contributed by atoms with Crippen LogP contribution in [-0.2, 0) is 16.1 Å². The van der Waals surface area contributed by atoms with Crippen molar-refractivity contribution in [2.24, 2.45) is 5.92 Å². The normalized spacial score (nSPS) is 25.1. The highest BCUT2D eigenvalue weighted by molar-refractivity contribution is 5.85. The molecule has 2 atom stereocenters. The molecule has 2 saturated heterocycles. The first kappa shape index (κ1) is 20.2. The highest BCUT2D eigenvalue weighted by atomic mass is 35.5. The Balaban J connectivity index is 0.00000210. The van der Waals surface area contributed by atoms with Gasteiger partial charge in [-0.15, -0.1) is 12.4 Å². The lowest BCUT2D eigenvalue weighted by Gasteiger charge is -2.31. The van der Waals surface area contributed by atoms with E-state index < -0.39 is 0 Å². The summed E-state index contributed by atoms with van der Waals surface area (Å²) in [7, 11) is 1.67. The number of fused-ring (bicyclic) bond motifs is 3. The Hall–Kier alpha value is -1.50. The van der Waals surface area contributed by atoms with Crippen molar-refractivity contribution in [2.45, 2.75) is 50.7 Å². The van der Waals surface area contributed by atoms with Gasteiger partial charge in [0.05, 0.1) is 6.61 Å². The molecule has 4 rings (SSSR count). The summed E-state index contributed by atoms with van der Waals surface area (Å²) in [5.41, 5.74) is 1.06. The Kier molecular flexibility index (Phi) is 6.84. The number of carbonyl (C=O) groups is 1. The molecule has 7 heteroatoms. The maximum absolute atomic E-state index is 13.0. The molecule has 0 spiro atoms. The van der Waals surface area contributed by atoms with E-state index in [9.17, 15) is 4.79 Å². The molecule has 27 heavy (non-hydrogen) atoms. The van der Waals surface area contributed by atoms with Crippen molar-refractivity contribution in [3.8, 4) is 11.5 Å². The van der Waals surface area contributed by atoms with Gasteiger partial charge in [0.25, 0.3) is 0 Å². The molecule has 1 aromatic carbocycles. The van der Waals surface area contributed by atoms with E-state index in [0.29, 0.717) is 44.1 Å². The van der Waals surface area contributed by atoms with Crippen LogP contribution in [0.3, 0.4) is 0 Å². The maximum atomic E-state index is 13.0. The third kappa shape index (κ3) is 4.86. The number of nitrogens with one attached hydrogen (secondary N) is 1. The van der Waals surface area contributed by atoms with E-state index in [2.05, 4.69) is 5.32 Å². The number of carbonyl (C=O) groups excluding carboxylic acids is 1. The van der Waals surface area contributed by atoms with Gasteiger partial charge in [0.1, 0.15) is 0 Å². The summed E-state index contributed by atoms with van der Waals surface area (Å²) in [6.07, 6.45) is 5.43. The first-order valence-corrected chi connectivity index (χ1v) is 9.62. The van der Waals surface area contributed by atoms with Crippen LogP contribution in [0.4, 0.5) is 0 Å². The van der Waals surface area contributed by atoms with Gasteiger partial charge in [0.15, 0.2) is 11.5 Å². The summed E-state index contributed by atoms with van der Waals surface area (Å²) >= 11 is 0. The Morgan fingerprint density at radius 1 is 1.22 bits per heavy atom. The molecule has 2 unspecified atom stereocenters. The summed E-state index contributed by atoms with van der Waals surface area (Å²) in [5.74, 6) is 2.26. The molecular weight excluding hydrogens is 368 g/mol. The van der Waals surface area contributed by atoms with Crippen molar-refractivity contribution in [1.82, 2.24) is 10.2 Å². The number of hydrogen-bond acceptors (Lipinski definition) is 5. The van der Waals surface area contributed by atoms with E-state index in [1.165, 1.54) is 12.8 Å². The molecule has 0 radical (unpaired) electrons. The van der Waals surface area contributed by atoms with Crippen LogP contribution in [0.15, 0.2) is 18.2 Å². The van der Waals surface area contributed by atoms with Gasteiger partial charge in [-0.3, -0.25) is 4.79 Å². The van der Waals surface area contributed by atoms with E-state index in [0.717, 1.165) is 29.9 Å². The van der Waals surface area contributed by atoms with Crippen LogP contribution in [-0.4, -0.2) is 49.9 Å². The van der Waals surface area contributed by atoms with Gasteiger partial charge < -0.3 is 24.4 Å². The number of nitrogens with zero attached hydrogens (tertiary/aromatic N) is 1. The van der Waals surface area contributed by atoms with Crippen molar-refractivity contribution < 1.29 is 19.0 Å². The predicted octanol–water partition coefficient (Wildman–Crippen LogP) is 2.73. The van der Waals surface area contributed by atoms with Gasteiger partial charge in [-0.05, 0) is 49.3 Å². The van der Waals surface area contributed by atoms with Crippen molar-refractivity contribution in [1.29, 1.82) is 0 Å². The molecule has 2 bridgehead atoms. The minimum Gasteiger partial charge on any atom is -0.454 e. The molecule has 1 amide bonds. The molecule has 150 valence electrons. The number of piperidine rings is 1. The third-order valence-electron chi connectivity index (χ3n) is 5.76. The van der Waals surface area contributed by atoms with E-state index in [1.807, 2.05) is 23.1 Å². The van der Waals surface area contributed by atoms with Crippen molar-refractivity contribution >= 4 is 18.3 Å². The van der Waals surface area contributed by atoms with E-state index in [4.69, 9.17) is 14.2 Å². The molecule has 0 aliphatic carbocycles. The second-order valence-corrected chi connectivity index (χ2v) is 7.68. The summed E-state index contributed by atoms with van der Waals surface area (Å²) in [5, 5.41) is 3.65. The zero-order chi connectivity index (χ0) is 17.9. The number of methoxy groups -OCH3 is 1. The van der Waals surface area contributed by atoms with Crippen LogP contribution in [0.2, 0.25) is 0 Å². The van der Waals surface area contributed by atoms with Gasteiger partial charge >= 0.3 is 0 Å².